The molecule has 6 heteroatoms. The van der Waals surface area contributed by atoms with E-state index < -0.39 is 0 Å². The van der Waals surface area contributed by atoms with Gasteiger partial charge >= 0.3 is 0 Å². The summed E-state index contributed by atoms with van der Waals surface area (Å²) in [6.07, 6.45) is 3.56. The number of amides is 1. The van der Waals surface area contributed by atoms with E-state index in [0.717, 1.165) is 19.4 Å². The maximum absolute atomic E-state index is 12.0. The van der Waals surface area contributed by atoms with Gasteiger partial charge in [-0.15, -0.1) is 0 Å². The number of nitrogens with zero attached hydrogens (tertiary/aromatic N) is 2. The van der Waals surface area contributed by atoms with Gasteiger partial charge in [0.25, 0.3) is 0 Å². The minimum atomic E-state index is -0.0218. The number of aromatic nitrogens is 1. The van der Waals surface area contributed by atoms with Gasteiger partial charge in [0.05, 0.1) is 18.8 Å². The first-order chi connectivity index (χ1) is 9.74. The Hall–Kier alpha value is -2.08. The molecule has 0 aliphatic carbocycles. The third kappa shape index (κ3) is 2.60. The first kappa shape index (κ1) is 12.9. The molecule has 1 aliphatic heterocycles. The predicted molar refractivity (Wildman–Crippen MR) is 71.7 cm³/mol. The molecule has 1 atom stereocenters. The number of hydrogen-bond acceptors (Lipinski definition) is 5. The molecule has 0 radical (unpaired) electrons. The monoisotopic (exact) mass is 275 g/mol. The van der Waals surface area contributed by atoms with E-state index in [1.165, 1.54) is 0 Å². The van der Waals surface area contributed by atoms with Crippen molar-refractivity contribution in [1.29, 1.82) is 0 Å². The topological polar surface area (TPSA) is 71.5 Å². The molecule has 2 aromatic rings. The molecule has 2 aromatic heterocycles. The van der Waals surface area contributed by atoms with E-state index in [9.17, 15) is 4.79 Å². The number of carbonyl (C=O) groups excluding carboxylic acids is 1. The zero-order valence-corrected chi connectivity index (χ0v) is 11.3. The summed E-state index contributed by atoms with van der Waals surface area (Å²) in [7, 11) is 1.97. The van der Waals surface area contributed by atoms with E-state index in [-0.39, 0.29) is 11.9 Å². The highest BCUT2D eigenvalue weighted by molar-refractivity contribution is 5.81. The molecule has 1 N–H and O–H groups in total. The third-order valence-electron chi connectivity index (χ3n) is 3.59. The van der Waals surface area contributed by atoms with Gasteiger partial charge in [-0.25, -0.2) is 0 Å². The fraction of sp³-hybridized carbons (Fsp3) is 0.429. The van der Waals surface area contributed by atoms with Crippen molar-refractivity contribution in [2.45, 2.75) is 25.4 Å². The summed E-state index contributed by atoms with van der Waals surface area (Å²) in [5.74, 6) is 1.25. The summed E-state index contributed by atoms with van der Waals surface area (Å²) in [5, 5.41) is 6.82. The quantitative estimate of drug-likeness (QED) is 0.918. The fourth-order valence-electron chi connectivity index (χ4n) is 2.47. The SMILES string of the molecule is CN1CCC[C@H]1C(=O)NCc1cc(-c2ccco2)on1. The Morgan fingerprint density at radius 1 is 1.55 bits per heavy atom. The van der Waals surface area contributed by atoms with Gasteiger partial charge in [-0.1, -0.05) is 5.16 Å². The van der Waals surface area contributed by atoms with Gasteiger partial charge in [0.15, 0.2) is 5.76 Å². The van der Waals surface area contributed by atoms with Crippen LogP contribution in [-0.2, 0) is 11.3 Å². The molecule has 6 nitrogen and oxygen atoms in total. The number of hydrogen-bond donors (Lipinski definition) is 1. The molecule has 0 unspecified atom stereocenters. The molecule has 0 bridgehead atoms. The fourth-order valence-corrected chi connectivity index (χ4v) is 2.47. The first-order valence-corrected chi connectivity index (χ1v) is 6.71. The largest absolute Gasteiger partial charge is 0.461 e. The molecule has 0 saturated carbocycles. The van der Waals surface area contributed by atoms with E-state index in [0.29, 0.717) is 23.8 Å². The van der Waals surface area contributed by atoms with Gasteiger partial charge in [-0.3, -0.25) is 9.69 Å². The standard InChI is InChI=1S/C14H17N3O3/c1-17-6-2-4-11(17)14(18)15-9-10-8-13(20-16-10)12-5-3-7-19-12/h3,5,7-8,11H,2,4,6,9H2,1H3,(H,15,18)/t11-/m0/s1. The van der Waals surface area contributed by atoms with Crippen molar-refractivity contribution in [1.82, 2.24) is 15.4 Å². The second-order valence-corrected chi connectivity index (χ2v) is 5.02. The van der Waals surface area contributed by atoms with Crippen molar-refractivity contribution in [3.63, 3.8) is 0 Å². The molecular weight excluding hydrogens is 258 g/mol. The molecule has 1 saturated heterocycles. The zero-order valence-electron chi connectivity index (χ0n) is 11.3. The van der Waals surface area contributed by atoms with Crippen LogP contribution >= 0.6 is 0 Å². The van der Waals surface area contributed by atoms with Crippen LogP contribution in [0.1, 0.15) is 18.5 Å². The second kappa shape index (κ2) is 5.50. The predicted octanol–water partition coefficient (Wildman–Crippen LogP) is 1.64. The van der Waals surface area contributed by atoms with Crippen molar-refractivity contribution >= 4 is 5.91 Å². The summed E-state index contributed by atoms with van der Waals surface area (Å²) in [5.41, 5.74) is 0.686. The molecule has 1 aliphatic rings. The van der Waals surface area contributed by atoms with E-state index in [1.807, 2.05) is 7.05 Å². The van der Waals surface area contributed by atoms with Crippen LogP contribution in [0, 0.1) is 0 Å². The van der Waals surface area contributed by atoms with Crippen molar-refractivity contribution in [3.8, 4) is 11.5 Å². The summed E-state index contributed by atoms with van der Waals surface area (Å²) in [6.45, 7) is 1.35. The Bertz CT molecular complexity index is 576. The van der Waals surface area contributed by atoms with Crippen LogP contribution in [0.3, 0.4) is 0 Å². The highest BCUT2D eigenvalue weighted by atomic mass is 16.5. The molecule has 0 aromatic carbocycles. The van der Waals surface area contributed by atoms with Crippen molar-refractivity contribution < 1.29 is 13.7 Å². The minimum absolute atomic E-state index is 0.0218. The van der Waals surface area contributed by atoms with Gasteiger partial charge in [0, 0.05) is 6.07 Å². The maximum atomic E-state index is 12.0. The number of carbonyl (C=O) groups is 1. The Labute approximate surface area is 116 Å². The number of nitrogens with one attached hydrogen (secondary N) is 1. The lowest BCUT2D eigenvalue weighted by atomic mass is 10.2. The van der Waals surface area contributed by atoms with Crippen LogP contribution in [0.25, 0.3) is 11.5 Å². The highest BCUT2D eigenvalue weighted by Crippen LogP contribution is 2.20. The van der Waals surface area contributed by atoms with E-state index in [4.69, 9.17) is 8.94 Å². The molecule has 106 valence electrons. The lowest BCUT2D eigenvalue weighted by molar-refractivity contribution is -0.125. The number of rotatable bonds is 4. The average molecular weight is 275 g/mol. The van der Waals surface area contributed by atoms with Crippen molar-refractivity contribution in [2.24, 2.45) is 0 Å². The van der Waals surface area contributed by atoms with Gasteiger partial charge in [-0.2, -0.15) is 0 Å². The number of likely N-dealkylation sites (tertiary alicyclic amines) is 1. The Balaban J connectivity index is 1.57. The van der Waals surface area contributed by atoms with Gasteiger partial charge in [-0.05, 0) is 38.6 Å². The third-order valence-corrected chi connectivity index (χ3v) is 3.59. The van der Waals surface area contributed by atoms with Crippen LogP contribution in [-0.4, -0.2) is 35.6 Å². The Morgan fingerprint density at radius 3 is 3.15 bits per heavy atom. The van der Waals surface area contributed by atoms with Crippen molar-refractivity contribution in [2.75, 3.05) is 13.6 Å². The maximum Gasteiger partial charge on any atom is 0.237 e. The van der Waals surface area contributed by atoms with Crippen LogP contribution in [0.5, 0.6) is 0 Å². The van der Waals surface area contributed by atoms with Gasteiger partial charge in [0.1, 0.15) is 5.69 Å². The van der Waals surface area contributed by atoms with Gasteiger partial charge < -0.3 is 14.3 Å². The zero-order chi connectivity index (χ0) is 13.9. The average Bonchev–Trinajstić information content (AvgIpc) is 3.16. The van der Waals surface area contributed by atoms with Crippen LogP contribution in [0.15, 0.2) is 33.4 Å². The molecule has 20 heavy (non-hydrogen) atoms. The number of likely N-dealkylation sites (N-methyl/N-ethyl adjacent to an activating group) is 1. The summed E-state index contributed by atoms with van der Waals surface area (Å²) >= 11 is 0. The Morgan fingerprint density at radius 2 is 2.45 bits per heavy atom. The van der Waals surface area contributed by atoms with Crippen LogP contribution < -0.4 is 5.32 Å². The molecule has 0 spiro atoms. The van der Waals surface area contributed by atoms with E-state index in [1.54, 1.807) is 24.5 Å². The number of furan rings is 1. The summed E-state index contributed by atoms with van der Waals surface area (Å²) in [4.78, 5) is 14.1. The second-order valence-electron chi connectivity index (χ2n) is 5.02. The lowest BCUT2D eigenvalue weighted by Crippen LogP contribution is -2.41. The van der Waals surface area contributed by atoms with Gasteiger partial charge in [0.2, 0.25) is 11.7 Å². The lowest BCUT2D eigenvalue weighted by Gasteiger charge is -2.18. The van der Waals surface area contributed by atoms with E-state index >= 15 is 0 Å². The summed E-state index contributed by atoms with van der Waals surface area (Å²) in [6, 6.07) is 5.34. The molecular formula is C14H17N3O3. The summed E-state index contributed by atoms with van der Waals surface area (Å²) < 4.78 is 10.4. The van der Waals surface area contributed by atoms with Crippen LogP contribution in [0.2, 0.25) is 0 Å². The normalized spacial score (nSPS) is 19.4. The molecule has 1 amide bonds. The highest BCUT2D eigenvalue weighted by Gasteiger charge is 2.27. The molecule has 1 fully saturated rings. The van der Waals surface area contributed by atoms with E-state index in [2.05, 4.69) is 15.4 Å². The molecule has 3 rings (SSSR count). The smallest absolute Gasteiger partial charge is 0.237 e. The Kier molecular flexibility index (Phi) is 3.56. The van der Waals surface area contributed by atoms with Crippen molar-refractivity contribution in [3.05, 3.63) is 30.2 Å². The molecule has 3 heterocycles. The minimum Gasteiger partial charge on any atom is -0.461 e. The van der Waals surface area contributed by atoms with Crippen LogP contribution in [0.4, 0.5) is 0 Å². The first-order valence-electron chi connectivity index (χ1n) is 6.71.